The molecule has 2 unspecified atom stereocenters. The Labute approximate surface area is 150 Å². The molecule has 25 heavy (non-hydrogen) atoms. The largest absolute Gasteiger partial charge is 0.394 e. The normalized spacial score (nSPS) is 25.1. The number of piperidine rings is 2. The molecule has 0 bridgehead atoms. The van der Waals surface area contributed by atoms with Crippen molar-refractivity contribution >= 4 is 5.91 Å². The van der Waals surface area contributed by atoms with Crippen molar-refractivity contribution in [2.75, 3.05) is 32.8 Å². The highest BCUT2D eigenvalue weighted by molar-refractivity contribution is 5.82. The maximum Gasteiger partial charge on any atom is 0.240 e. The van der Waals surface area contributed by atoms with Crippen LogP contribution in [-0.2, 0) is 16.1 Å². The summed E-state index contributed by atoms with van der Waals surface area (Å²) in [6.45, 7) is 3.72. The third-order valence-corrected chi connectivity index (χ3v) is 5.26. The molecule has 5 heteroatoms. The van der Waals surface area contributed by atoms with E-state index in [-0.39, 0.29) is 24.7 Å². The topological polar surface area (TPSA) is 53.0 Å². The lowest BCUT2D eigenvalue weighted by Crippen LogP contribution is -2.53. The molecule has 2 fully saturated rings. The second kappa shape index (κ2) is 9.32. The number of carbonyl (C=O) groups is 1. The van der Waals surface area contributed by atoms with Crippen LogP contribution in [-0.4, -0.2) is 65.8 Å². The van der Waals surface area contributed by atoms with Gasteiger partial charge in [-0.2, -0.15) is 0 Å². The lowest BCUT2D eigenvalue weighted by Gasteiger charge is -2.40. The Morgan fingerprint density at radius 1 is 1.12 bits per heavy atom. The minimum atomic E-state index is -0.00875. The molecule has 0 spiro atoms. The van der Waals surface area contributed by atoms with E-state index in [0.717, 1.165) is 45.3 Å². The highest BCUT2D eigenvalue weighted by Gasteiger charge is 2.34. The first-order valence-electron chi connectivity index (χ1n) is 9.57. The van der Waals surface area contributed by atoms with Gasteiger partial charge in [0, 0.05) is 19.6 Å². The van der Waals surface area contributed by atoms with Gasteiger partial charge in [0.15, 0.2) is 0 Å². The van der Waals surface area contributed by atoms with E-state index in [2.05, 4.69) is 29.2 Å². The lowest BCUT2D eigenvalue weighted by atomic mass is 9.98. The van der Waals surface area contributed by atoms with Crippen molar-refractivity contribution < 1.29 is 14.6 Å². The van der Waals surface area contributed by atoms with Crippen molar-refractivity contribution in [1.29, 1.82) is 0 Å². The molecular formula is C20H30N2O3. The van der Waals surface area contributed by atoms with Crippen LogP contribution < -0.4 is 0 Å². The van der Waals surface area contributed by atoms with E-state index in [1.54, 1.807) is 0 Å². The average Bonchev–Trinajstić information content (AvgIpc) is 2.67. The van der Waals surface area contributed by atoms with Crippen LogP contribution in [0.2, 0.25) is 0 Å². The molecule has 2 atom stereocenters. The Bertz CT molecular complexity index is 537. The van der Waals surface area contributed by atoms with Gasteiger partial charge in [-0.1, -0.05) is 36.8 Å². The van der Waals surface area contributed by atoms with Gasteiger partial charge in [-0.25, -0.2) is 0 Å². The van der Waals surface area contributed by atoms with Crippen molar-refractivity contribution in [2.24, 2.45) is 0 Å². The zero-order valence-corrected chi connectivity index (χ0v) is 15.0. The fourth-order valence-electron chi connectivity index (χ4n) is 3.98. The molecule has 0 aliphatic carbocycles. The summed E-state index contributed by atoms with van der Waals surface area (Å²) in [6, 6.07) is 10.4. The molecule has 1 aromatic rings. The molecule has 2 saturated heterocycles. The SMILES string of the molecule is O=C(C1CCCCN1Cc1ccccc1)N1CCCC(OCCO)C1. The van der Waals surface area contributed by atoms with Gasteiger partial charge in [-0.15, -0.1) is 0 Å². The van der Waals surface area contributed by atoms with Gasteiger partial charge < -0.3 is 14.7 Å². The monoisotopic (exact) mass is 346 g/mol. The lowest BCUT2D eigenvalue weighted by molar-refractivity contribution is -0.143. The molecule has 5 nitrogen and oxygen atoms in total. The molecule has 2 aliphatic heterocycles. The fraction of sp³-hybridized carbons (Fsp3) is 0.650. The summed E-state index contributed by atoms with van der Waals surface area (Å²) >= 11 is 0. The molecule has 2 heterocycles. The molecule has 2 aliphatic rings. The fourth-order valence-corrected chi connectivity index (χ4v) is 3.98. The summed E-state index contributed by atoms with van der Waals surface area (Å²) in [5.74, 6) is 0.257. The number of likely N-dealkylation sites (tertiary alicyclic amines) is 2. The van der Waals surface area contributed by atoms with Gasteiger partial charge in [0.25, 0.3) is 0 Å². The molecule has 0 radical (unpaired) electrons. The molecular weight excluding hydrogens is 316 g/mol. The Hall–Kier alpha value is -1.43. The van der Waals surface area contributed by atoms with Crippen LogP contribution in [0.1, 0.15) is 37.7 Å². The predicted molar refractivity (Wildman–Crippen MR) is 97.1 cm³/mol. The summed E-state index contributed by atoms with van der Waals surface area (Å²) in [4.78, 5) is 17.5. The van der Waals surface area contributed by atoms with Crippen LogP contribution in [0.4, 0.5) is 0 Å². The molecule has 138 valence electrons. The number of ether oxygens (including phenoxy) is 1. The predicted octanol–water partition coefficient (Wildman–Crippen LogP) is 2.04. The summed E-state index contributed by atoms with van der Waals surface area (Å²) < 4.78 is 5.66. The van der Waals surface area contributed by atoms with Gasteiger partial charge in [0.1, 0.15) is 0 Å². The maximum atomic E-state index is 13.2. The van der Waals surface area contributed by atoms with Crippen molar-refractivity contribution in [3.05, 3.63) is 35.9 Å². The highest BCUT2D eigenvalue weighted by Crippen LogP contribution is 2.23. The quantitative estimate of drug-likeness (QED) is 0.856. The second-order valence-electron chi connectivity index (χ2n) is 7.11. The van der Waals surface area contributed by atoms with E-state index < -0.39 is 0 Å². The molecule has 1 amide bonds. The molecule has 1 N–H and O–H groups in total. The Morgan fingerprint density at radius 3 is 2.76 bits per heavy atom. The third kappa shape index (κ3) is 5.03. The number of benzene rings is 1. The summed E-state index contributed by atoms with van der Waals surface area (Å²) in [6.07, 6.45) is 5.26. The molecule has 3 rings (SSSR count). The van der Waals surface area contributed by atoms with Crippen LogP contribution in [0.15, 0.2) is 30.3 Å². The van der Waals surface area contributed by atoms with Crippen molar-refractivity contribution in [3.8, 4) is 0 Å². The zero-order valence-electron chi connectivity index (χ0n) is 15.0. The highest BCUT2D eigenvalue weighted by atomic mass is 16.5. The molecule has 0 aromatic heterocycles. The number of nitrogens with zero attached hydrogens (tertiary/aromatic N) is 2. The smallest absolute Gasteiger partial charge is 0.240 e. The second-order valence-corrected chi connectivity index (χ2v) is 7.11. The standard InChI is InChI=1S/C20H30N2O3/c23-13-14-25-18-9-6-12-22(16-18)20(24)19-10-4-5-11-21(19)15-17-7-2-1-3-8-17/h1-3,7-8,18-19,23H,4-6,9-16H2. The summed E-state index contributed by atoms with van der Waals surface area (Å²) in [7, 11) is 0. The van der Waals surface area contributed by atoms with Crippen LogP contribution in [0, 0.1) is 0 Å². The summed E-state index contributed by atoms with van der Waals surface area (Å²) in [5.41, 5.74) is 1.27. The number of aliphatic hydroxyl groups is 1. The molecule has 0 saturated carbocycles. The van der Waals surface area contributed by atoms with Crippen molar-refractivity contribution in [3.63, 3.8) is 0 Å². The van der Waals surface area contributed by atoms with E-state index in [1.165, 1.54) is 12.0 Å². The zero-order chi connectivity index (χ0) is 17.5. The van der Waals surface area contributed by atoms with Crippen LogP contribution in [0.25, 0.3) is 0 Å². The first kappa shape index (κ1) is 18.4. The molecule has 1 aromatic carbocycles. The van der Waals surface area contributed by atoms with Crippen LogP contribution in [0.3, 0.4) is 0 Å². The van der Waals surface area contributed by atoms with E-state index in [4.69, 9.17) is 9.84 Å². The first-order chi connectivity index (χ1) is 12.3. The Kier molecular flexibility index (Phi) is 6.84. The number of hydrogen-bond acceptors (Lipinski definition) is 4. The van der Waals surface area contributed by atoms with E-state index in [9.17, 15) is 4.79 Å². The van der Waals surface area contributed by atoms with Crippen LogP contribution in [0.5, 0.6) is 0 Å². The van der Waals surface area contributed by atoms with Gasteiger partial charge in [-0.05, 0) is 37.8 Å². The number of hydrogen-bond donors (Lipinski definition) is 1. The van der Waals surface area contributed by atoms with Crippen molar-refractivity contribution in [2.45, 2.75) is 50.8 Å². The number of aliphatic hydroxyl groups excluding tert-OH is 1. The summed E-state index contributed by atoms with van der Waals surface area (Å²) in [5, 5.41) is 8.94. The Balaban J connectivity index is 1.62. The number of rotatable bonds is 6. The average molecular weight is 346 g/mol. The number of amides is 1. The van der Waals surface area contributed by atoms with Gasteiger partial charge in [0.2, 0.25) is 5.91 Å². The van der Waals surface area contributed by atoms with E-state index in [1.807, 2.05) is 11.0 Å². The maximum absolute atomic E-state index is 13.2. The minimum absolute atomic E-state index is 0.00875. The van der Waals surface area contributed by atoms with Crippen molar-refractivity contribution in [1.82, 2.24) is 9.80 Å². The minimum Gasteiger partial charge on any atom is -0.394 e. The number of carbonyl (C=O) groups excluding carboxylic acids is 1. The third-order valence-electron chi connectivity index (χ3n) is 5.26. The van der Waals surface area contributed by atoms with Gasteiger partial charge in [-0.3, -0.25) is 9.69 Å². The van der Waals surface area contributed by atoms with Gasteiger partial charge >= 0.3 is 0 Å². The van der Waals surface area contributed by atoms with E-state index >= 15 is 0 Å². The first-order valence-corrected chi connectivity index (χ1v) is 9.57. The van der Waals surface area contributed by atoms with E-state index in [0.29, 0.717) is 13.2 Å². The Morgan fingerprint density at radius 2 is 1.96 bits per heavy atom. The van der Waals surface area contributed by atoms with Gasteiger partial charge in [0.05, 0.1) is 25.4 Å². The van der Waals surface area contributed by atoms with Crippen LogP contribution >= 0.6 is 0 Å².